The Hall–Kier alpha value is -0.200. The lowest BCUT2D eigenvalue weighted by molar-refractivity contribution is -0.0279. The van der Waals surface area contributed by atoms with Crippen LogP contribution in [0.2, 0.25) is 0 Å². The van der Waals surface area contributed by atoms with Crippen molar-refractivity contribution in [3.05, 3.63) is 0 Å². The number of hydroxylamine groups is 1. The van der Waals surface area contributed by atoms with E-state index >= 15 is 0 Å². The average molecular weight is 193 g/mol. The highest BCUT2D eigenvalue weighted by Gasteiger charge is 1.96. The van der Waals surface area contributed by atoms with E-state index in [0.717, 1.165) is 0 Å². The molecule has 0 fully saturated rings. The van der Waals surface area contributed by atoms with Crippen LogP contribution in [0, 0.1) is 0 Å². The van der Waals surface area contributed by atoms with Crippen molar-refractivity contribution in [2.24, 2.45) is 0 Å². The fourth-order valence-electron chi connectivity index (χ4n) is 0.619. The number of aliphatic hydroxyl groups excluding tert-OH is 2. The Labute approximate surface area is 78.6 Å². The van der Waals surface area contributed by atoms with E-state index in [2.05, 4.69) is 5.48 Å². The smallest absolute Gasteiger partial charge is 0.0938 e. The van der Waals surface area contributed by atoms with Gasteiger partial charge in [0.1, 0.15) is 0 Å². The van der Waals surface area contributed by atoms with Gasteiger partial charge in [0.25, 0.3) is 0 Å². The third-order valence-electron chi connectivity index (χ3n) is 1.13. The Morgan fingerprint density at radius 2 is 1.77 bits per heavy atom. The summed E-state index contributed by atoms with van der Waals surface area (Å²) in [4.78, 5) is 4.86. The van der Waals surface area contributed by atoms with Gasteiger partial charge >= 0.3 is 0 Å². The maximum Gasteiger partial charge on any atom is 0.0938 e. The van der Waals surface area contributed by atoms with Crippen molar-refractivity contribution in [2.45, 2.75) is 26.1 Å². The molecule has 0 heterocycles. The van der Waals surface area contributed by atoms with Gasteiger partial charge in [-0.1, -0.05) is 0 Å². The first kappa shape index (κ1) is 12.8. The van der Waals surface area contributed by atoms with Crippen LogP contribution in [0.15, 0.2) is 0 Å². The van der Waals surface area contributed by atoms with E-state index in [1.807, 2.05) is 0 Å². The molecule has 13 heavy (non-hydrogen) atoms. The summed E-state index contributed by atoms with van der Waals surface area (Å²) in [6.45, 7) is 4.92. The van der Waals surface area contributed by atoms with E-state index in [1.54, 1.807) is 13.8 Å². The standard InChI is InChI=1S/C8H19NO4/c1-7(10)5-12-4-3-9-13-6-8(2)11/h7-11H,3-6H2,1-2H3. The summed E-state index contributed by atoms with van der Waals surface area (Å²) in [6, 6.07) is 0. The molecular formula is C8H19NO4. The van der Waals surface area contributed by atoms with E-state index in [-0.39, 0.29) is 6.61 Å². The zero-order valence-corrected chi connectivity index (χ0v) is 8.19. The van der Waals surface area contributed by atoms with Crippen LogP contribution in [0.3, 0.4) is 0 Å². The van der Waals surface area contributed by atoms with Gasteiger partial charge in [0.05, 0.1) is 32.0 Å². The molecule has 0 aromatic carbocycles. The van der Waals surface area contributed by atoms with Crippen molar-refractivity contribution >= 4 is 0 Å². The Kier molecular flexibility index (Phi) is 8.27. The number of hydrogen-bond acceptors (Lipinski definition) is 5. The maximum atomic E-state index is 8.82. The quantitative estimate of drug-likeness (QED) is 0.351. The van der Waals surface area contributed by atoms with Crippen LogP contribution in [0.4, 0.5) is 0 Å². The maximum absolute atomic E-state index is 8.82. The number of aliphatic hydroxyl groups is 2. The zero-order chi connectivity index (χ0) is 10.1. The van der Waals surface area contributed by atoms with Gasteiger partial charge < -0.3 is 14.9 Å². The van der Waals surface area contributed by atoms with Crippen molar-refractivity contribution in [1.82, 2.24) is 5.48 Å². The SMILES string of the molecule is CC(O)COCCNOCC(C)O. The number of nitrogens with one attached hydrogen (secondary N) is 1. The first-order valence-electron chi connectivity index (χ1n) is 4.41. The van der Waals surface area contributed by atoms with Gasteiger partial charge in [-0.05, 0) is 13.8 Å². The van der Waals surface area contributed by atoms with Gasteiger partial charge in [-0.2, -0.15) is 0 Å². The molecule has 0 rings (SSSR count). The summed E-state index contributed by atoms with van der Waals surface area (Å²) in [7, 11) is 0. The van der Waals surface area contributed by atoms with Crippen LogP contribution in [-0.4, -0.2) is 48.8 Å². The van der Waals surface area contributed by atoms with Gasteiger partial charge in [0, 0.05) is 6.54 Å². The molecule has 0 aliphatic carbocycles. The number of hydrogen-bond donors (Lipinski definition) is 3. The molecule has 0 radical (unpaired) electrons. The van der Waals surface area contributed by atoms with Crippen molar-refractivity contribution in [3.8, 4) is 0 Å². The molecule has 2 atom stereocenters. The molecule has 2 unspecified atom stereocenters. The topological polar surface area (TPSA) is 71.0 Å². The largest absolute Gasteiger partial charge is 0.391 e. The van der Waals surface area contributed by atoms with Crippen LogP contribution < -0.4 is 5.48 Å². The second-order valence-electron chi connectivity index (χ2n) is 2.98. The Bertz CT molecular complexity index is 96.3. The molecule has 80 valence electrons. The second-order valence-corrected chi connectivity index (χ2v) is 2.98. The lowest BCUT2D eigenvalue weighted by Gasteiger charge is -2.08. The molecule has 0 bridgehead atoms. The van der Waals surface area contributed by atoms with Crippen LogP contribution in [0.25, 0.3) is 0 Å². The molecule has 5 heteroatoms. The fourth-order valence-corrected chi connectivity index (χ4v) is 0.619. The predicted molar refractivity (Wildman–Crippen MR) is 48.1 cm³/mol. The molecule has 0 amide bonds. The highest BCUT2D eigenvalue weighted by Crippen LogP contribution is 1.82. The van der Waals surface area contributed by atoms with Crippen molar-refractivity contribution in [2.75, 3.05) is 26.4 Å². The van der Waals surface area contributed by atoms with Crippen LogP contribution in [0.5, 0.6) is 0 Å². The summed E-state index contributed by atoms with van der Waals surface area (Å²) in [5, 5.41) is 17.6. The third-order valence-corrected chi connectivity index (χ3v) is 1.13. The summed E-state index contributed by atoms with van der Waals surface area (Å²) < 4.78 is 5.05. The normalized spacial score (nSPS) is 15.7. The lowest BCUT2D eigenvalue weighted by atomic mass is 10.4. The highest BCUT2D eigenvalue weighted by atomic mass is 16.6. The van der Waals surface area contributed by atoms with Crippen molar-refractivity contribution in [1.29, 1.82) is 0 Å². The minimum absolute atomic E-state index is 0.260. The molecule has 0 saturated carbocycles. The highest BCUT2D eigenvalue weighted by molar-refractivity contribution is 4.42. The number of ether oxygens (including phenoxy) is 1. The zero-order valence-electron chi connectivity index (χ0n) is 8.19. The van der Waals surface area contributed by atoms with Crippen LogP contribution in [-0.2, 0) is 9.57 Å². The van der Waals surface area contributed by atoms with Crippen LogP contribution >= 0.6 is 0 Å². The van der Waals surface area contributed by atoms with Gasteiger partial charge in [0.2, 0.25) is 0 Å². The fraction of sp³-hybridized carbons (Fsp3) is 1.00. The summed E-state index contributed by atoms with van der Waals surface area (Å²) in [5.74, 6) is 0. The van der Waals surface area contributed by atoms with E-state index in [9.17, 15) is 0 Å². The van der Waals surface area contributed by atoms with E-state index in [1.165, 1.54) is 0 Å². The Morgan fingerprint density at radius 1 is 1.15 bits per heavy atom. The lowest BCUT2D eigenvalue weighted by Crippen LogP contribution is -2.25. The molecule has 0 spiro atoms. The van der Waals surface area contributed by atoms with Gasteiger partial charge in [-0.25, -0.2) is 5.48 Å². The summed E-state index contributed by atoms with van der Waals surface area (Å²) in [5.41, 5.74) is 2.62. The van der Waals surface area contributed by atoms with E-state index < -0.39 is 12.2 Å². The van der Waals surface area contributed by atoms with E-state index in [0.29, 0.717) is 19.8 Å². The molecule has 0 aromatic rings. The number of rotatable bonds is 8. The van der Waals surface area contributed by atoms with E-state index in [4.69, 9.17) is 19.8 Å². The molecule has 3 N–H and O–H groups in total. The third kappa shape index (κ3) is 11.8. The first-order valence-corrected chi connectivity index (χ1v) is 4.41. The molecule has 0 saturated heterocycles. The van der Waals surface area contributed by atoms with Gasteiger partial charge in [0.15, 0.2) is 0 Å². The molecular weight excluding hydrogens is 174 g/mol. The predicted octanol–water partition coefficient (Wildman–Crippen LogP) is -0.714. The summed E-state index contributed by atoms with van der Waals surface area (Å²) in [6.07, 6.45) is -0.899. The average Bonchev–Trinajstić information content (AvgIpc) is 2.01. The molecule has 0 aliphatic rings. The first-order chi connectivity index (χ1) is 6.13. The molecule has 5 nitrogen and oxygen atoms in total. The summed E-state index contributed by atoms with van der Waals surface area (Å²) >= 11 is 0. The minimum atomic E-state index is -0.467. The minimum Gasteiger partial charge on any atom is -0.391 e. The Balaban J connectivity index is 2.92. The molecule has 0 aliphatic heterocycles. The van der Waals surface area contributed by atoms with Crippen LogP contribution in [0.1, 0.15) is 13.8 Å². The second kappa shape index (κ2) is 8.40. The van der Waals surface area contributed by atoms with Gasteiger partial charge in [-0.15, -0.1) is 0 Å². The monoisotopic (exact) mass is 193 g/mol. The van der Waals surface area contributed by atoms with Crippen molar-refractivity contribution in [3.63, 3.8) is 0 Å². The molecule has 0 aromatic heterocycles. The van der Waals surface area contributed by atoms with Crippen molar-refractivity contribution < 1.29 is 19.8 Å². The van der Waals surface area contributed by atoms with Gasteiger partial charge in [-0.3, -0.25) is 4.84 Å². The Morgan fingerprint density at radius 3 is 2.31 bits per heavy atom.